The maximum atomic E-state index is 15.1. The molecular formula is C35H45F4N3O2. The van der Waals surface area contributed by atoms with Crippen LogP contribution in [-0.4, -0.2) is 47.3 Å². The van der Waals surface area contributed by atoms with Crippen LogP contribution in [0.4, 0.5) is 23.2 Å². The van der Waals surface area contributed by atoms with Crippen molar-refractivity contribution in [1.82, 2.24) is 9.80 Å². The molecule has 0 aliphatic carbocycles. The lowest BCUT2D eigenvalue weighted by atomic mass is 9.82. The fourth-order valence-corrected chi connectivity index (χ4v) is 5.35. The van der Waals surface area contributed by atoms with Crippen LogP contribution in [0, 0.1) is 12.8 Å². The third-order valence-corrected chi connectivity index (χ3v) is 7.65. The lowest BCUT2D eigenvalue weighted by Crippen LogP contribution is -2.53. The molecular weight excluding hydrogens is 570 g/mol. The maximum absolute atomic E-state index is 15.1. The van der Waals surface area contributed by atoms with E-state index < -0.39 is 41.3 Å². The van der Waals surface area contributed by atoms with Crippen LogP contribution in [0.3, 0.4) is 0 Å². The van der Waals surface area contributed by atoms with Crippen LogP contribution in [0.5, 0.6) is 0 Å². The van der Waals surface area contributed by atoms with Gasteiger partial charge in [-0.3, -0.25) is 9.59 Å². The number of halogens is 4. The molecule has 44 heavy (non-hydrogen) atoms. The van der Waals surface area contributed by atoms with Gasteiger partial charge in [0.05, 0.1) is 23.1 Å². The molecule has 0 saturated carbocycles. The van der Waals surface area contributed by atoms with Crippen LogP contribution in [0.15, 0.2) is 90.0 Å². The summed E-state index contributed by atoms with van der Waals surface area (Å²) in [5.74, 6) is -2.64. The summed E-state index contributed by atoms with van der Waals surface area (Å²) in [5.41, 5.74) is 0.0620. The molecule has 1 aliphatic rings. The Labute approximate surface area is 259 Å². The lowest BCUT2D eigenvalue weighted by Gasteiger charge is -2.42. The van der Waals surface area contributed by atoms with Crippen molar-refractivity contribution in [2.45, 2.75) is 73.0 Å². The topological polar surface area (TPSA) is 52.7 Å². The molecule has 2 unspecified atom stereocenters. The Kier molecular flexibility index (Phi) is 13.9. The highest BCUT2D eigenvalue weighted by atomic mass is 19.4. The highest BCUT2D eigenvalue weighted by Crippen LogP contribution is 2.36. The zero-order valence-electron chi connectivity index (χ0n) is 26.6. The van der Waals surface area contributed by atoms with Crippen LogP contribution in [0.2, 0.25) is 0 Å². The van der Waals surface area contributed by atoms with Gasteiger partial charge in [-0.15, -0.1) is 0 Å². The second-order valence-electron chi connectivity index (χ2n) is 10.7. The monoisotopic (exact) mass is 615 g/mol. The van der Waals surface area contributed by atoms with Crippen molar-refractivity contribution >= 4 is 17.5 Å². The van der Waals surface area contributed by atoms with Gasteiger partial charge in [-0.1, -0.05) is 49.9 Å². The largest absolute Gasteiger partial charge is 0.416 e. The van der Waals surface area contributed by atoms with Gasteiger partial charge < -0.3 is 15.1 Å². The minimum Gasteiger partial charge on any atom is -0.378 e. The molecule has 240 valence electrons. The second kappa shape index (κ2) is 16.8. The first-order valence-electron chi connectivity index (χ1n) is 15.0. The number of piperidine rings is 1. The van der Waals surface area contributed by atoms with Crippen molar-refractivity contribution in [1.29, 1.82) is 0 Å². The first-order valence-corrected chi connectivity index (χ1v) is 15.0. The maximum Gasteiger partial charge on any atom is 0.416 e. The summed E-state index contributed by atoms with van der Waals surface area (Å²) in [5, 5.41) is 2.67. The van der Waals surface area contributed by atoms with Crippen molar-refractivity contribution < 1.29 is 27.2 Å². The van der Waals surface area contributed by atoms with Gasteiger partial charge >= 0.3 is 6.18 Å². The molecule has 1 aromatic rings. The number of nitrogens with zero attached hydrogens (tertiary/aromatic N) is 2. The first-order chi connectivity index (χ1) is 20.8. The highest BCUT2D eigenvalue weighted by Gasteiger charge is 2.41. The third-order valence-electron chi connectivity index (χ3n) is 7.65. The van der Waals surface area contributed by atoms with Gasteiger partial charge in [-0.25, -0.2) is 4.39 Å². The Bertz CT molecular complexity index is 1340. The molecule has 1 saturated heterocycles. The fraction of sp³-hybridized carbons (Fsp3) is 0.429. The third kappa shape index (κ3) is 9.31. The van der Waals surface area contributed by atoms with E-state index in [-0.39, 0.29) is 23.4 Å². The number of carbonyl (C=O) groups is 2. The molecule has 2 atom stereocenters. The van der Waals surface area contributed by atoms with Gasteiger partial charge in [0, 0.05) is 25.3 Å². The van der Waals surface area contributed by atoms with Crippen molar-refractivity contribution in [3.05, 3.63) is 101 Å². The summed E-state index contributed by atoms with van der Waals surface area (Å²) in [7, 11) is 0. The molecule has 0 aromatic heterocycles. The van der Waals surface area contributed by atoms with E-state index in [9.17, 15) is 22.8 Å². The standard InChI is InChI=1S/C35H45F4N3O2/c1-8-15-26(16-13-21-41(12-5)20-9-2)32-28(33(43)40-27-19-18-25(7)29(23-27)35(37,38)39)17-14-22-42(32)34(44)31(24(6)10-3)30(36)11-4/h8,10-11,13,15-16,18-19,21,23,28,32H,3,9,12,14,17,20,22H2,1-2,4-7H3,(H,40,43)/b15-8-,21-13+,26-16+,30-11+,31-24+. The number of likely N-dealkylation sites (tertiary alicyclic amines) is 1. The van der Waals surface area contributed by atoms with Gasteiger partial charge in [0.25, 0.3) is 5.91 Å². The van der Waals surface area contributed by atoms with Crippen molar-refractivity contribution in [3.8, 4) is 0 Å². The van der Waals surface area contributed by atoms with E-state index >= 15 is 4.39 Å². The second-order valence-corrected chi connectivity index (χ2v) is 10.7. The Morgan fingerprint density at radius 2 is 1.91 bits per heavy atom. The molecule has 2 rings (SSSR count). The van der Waals surface area contributed by atoms with Gasteiger partial charge in [-0.2, -0.15) is 13.2 Å². The van der Waals surface area contributed by atoms with Crippen LogP contribution < -0.4 is 5.32 Å². The number of alkyl halides is 3. The first kappa shape index (κ1) is 36.3. The van der Waals surface area contributed by atoms with E-state index in [4.69, 9.17) is 0 Å². The summed E-state index contributed by atoms with van der Waals surface area (Å²) in [4.78, 5) is 31.5. The number of carbonyl (C=O) groups excluding carboxylic acids is 2. The number of rotatable bonds is 12. The van der Waals surface area contributed by atoms with E-state index in [1.807, 2.05) is 32.2 Å². The molecule has 1 N–H and O–H groups in total. The smallest absolute Gasteiger partial charge is 0.378 e. The number of hydrogen-bond donors (Lipinski definition) is 1. The van der Waals surface area contributed by atoms with Gasteiger partial charge in [0.1, 0.15) is 5.83 Å². The summed E-state index contributed by atoms with van der Waals surface area (Å²) in [6.45, 7) is 16.0. The van der Waals surface area contributed by atoms with E-state index in [0.29, 0.717) is 24.0 Å². The molecule has 1 heterocycles. The molecule has 1 fully saturated rings. The van der Waals surface area contributed by atoms with Crippen LogP contribution in [-0.2, 0) is 15.8 Å². The van der Waals surface area contributed by atoms with Gasteiger partial charge in [0.15, 0.2) is 0 Å². The van der Waals surface area contributed by atoms with Gasteiger partial charge in [0.2, 0.25) is 5.91 Å². The zero-order valence-corrected chi connectivity index (χ0v) is 26.6. The Balaban J connectivity index is 2.68. The molecule has 0 spiro atoms. The predicted molar refractivity (Wildman–Crippen MR) is 170 cm³/mol. The average Bonchev–Trinajstić information content (AvgIpc) is 2.99. The Hall–Kier alpha value is -3.88. The van der Waals surface area contributed by atoms with Crippen LogP contribution >= 0.6 is 0 Å². The Morgan fingerprint density at radius 1 is 1.20 bits per heavy atom. The minimum atomic E-state index is -4.58. The number of amides is 2. The summed E-state index contributed by atoms with van der Waals surface area (Å²) < 4.78 is 55.9. The number of allylic oxidation sites excluding steroid dienone is 6. The highest BCUT2D eigenvalue weighted by molar-refractivity contribution is 6.00. The number of hydrogen-bond acceptors (Lipinski definition) is 3. The van der Waals surface area contributed by atoms with Crippen molar-refractivity contribution in [2.75, 3.05) is 25.0 Å². The summed E-state index contributed by atoms with van der Waals surface area (Å²) in [6, 6.07) is 2.84. The number of anilines is 1. The number of benzene rings is 1. The van der Waals surface area contributed by atoms with Crippen LogP contribution in [0.1, 0.15) is 65.0 Å². The summed E-state index contributed by atoms with van der Waals surface area (Å²) in [6.07, 6.45) is 9.04. The van der Waals surface area contributed by atoms with Crippen molar-refractivity contribution in [3.63, 3.8) is 0 Å². The predicted octanol–water partition coefficient (Wildman–Crippen LogP) is 8.68. The van der Waals surface area contributed by atoms with Crippen LogP contribution in [0.25, 0.3) is 0 Å². The number of aryl methyl sites for hydroxylation is 1. The zero-order chi connectivity index (χ0) is 33.0. The van der Waals surface area contributed by atoms with E-state index in [1.165, 1.54) is 43.0 Å². The van der Waals surface area contributed by atoms with Gasteiger partial charge in [-0.05, 0) is 95.0 Å². The SMILES string of the molecule is C=C/C(C)=C(C(=O)N1CCCC(C(=O)Nc2ccc(C)c(C(F)(F)F)c2)C1C(/C=C\C)=C/C=C/N(CC)CCC)\C(F)=C/C. The Morgan fingerprint density at radius 3 is 2.48 bits per heavy atom. The molecule has 2 amide bonds. The lowest BCUT2D eigenvalue weighted by molar-refractivity contribution is -0.138. The average molecular weight is 616 g/mol. The number of nitrogens with one attached hydrogen (secondary N) is 1. The normalized spacial score (nSPS) is 18.9. The molecule has 0 bridgehead atoms. The van der Waals surface area contributed by atoms with Crippen molar-refractivity contribution in [2.24, 2.45) is 5.92 Å². The van der Waals surface area contributed by atoms with E-state index in [2.05, 4.69) is 23.7 Å². The van der Waals surface area contributed by atoms with E-state index in [1.54, 1.807) is 19.1 Å². The molecule has 1 aliphatic heterocycles. The molecule has 1 aromatic carbocycles. The fourth-order valence-electron chi connectivity index (χ4n) is 5.35. The molecule has 0 radical (unpaired) electrons. The molecule has 5 nitrogen and oxygen atoms in total. The minimum absolute atomic E-state index is 0.00721. The summed E-state index contributed by atoms with van der Waals surface area (Å²) >= 11 is 0. The van der Waals surface area contributed by atoms with E-state index in [0.717, 1.165) is 25.6 Å². The quantitative estimate of drug-likeness (QED) is 0.145. The molecule has 9 heteroatoms.